The van der Waals surface area contributed by atoms with Crippen molar-refractivity contribution in [1.82, 2.24) is 4.98 Å². The van der Waals surface area contributed by atoms with E-state index in [1.165, 1.54) is 6.42 Å². The van der Waals surface area contributed by atoms with Crippen LogP contribution < -0.4 is 5.32 Å². The number of hydrogen-bond acceptors (Lipinski definition) is 3. The minimum absolute atomic E-state index is 0.522. The summed E-state index contributed by atoms with van der Waals surface area (Å²) in [6.07, 6.45) is 2.97. The predicted molar refractivity (Wildman–Crippen MR) is 51.6 cm³/mol. The molecular formula is C10H16N2O. The molecule has 1 N–H and O–H groups in total. The van der Waals surface area contributed by atoms with Crippen LogP contribution in [0.5, 0.6) is 0 Å². The van der Waals surface area contributed by atoms with E-state index in [1.807, 2.05) is 6.92 Å². The maximum atomic E-state index is 5.19. The summed E-state index contributed by atoms with van der Waals surface area (Å²) in [6.45, 7) is 7.49. The molecule has 72 valence electrons. The molecule has 0 aromatic carbocycles. The van der Waals surface area contributed by atoms with E-state index in [1.54, 1.807) is 6.26 Å². The Balaban J connectivity index is 1.81. The number of nitrogens with zero attached hydrogens (tertiary/aromatic N) is 1. The molecule has 0 amide bonds. The Morgan fingerprint density at radius 1 is 1.69 bits per heavy atom. The summed E-state index contributed by atoms with van der Waals surface area (Å²) in [6, 6.07) is 0.653. The van der Waals surface area contributed by atoms with Gasteiger partial charge >= 0.3 is 0 Å². The number of rotatable bonds is 3. The Hall–Kier alpha value is -0.990. The quantitative estimate of drug-likeness (QED) is 0.776. The van der Waals surface area contributed by atoms with Gasteiger partial charge in [-0.05, 0) is 24.7 Å². The van der Waals surface area contributed by atoms with Crippen LogP contribution in [0, 0.1) is 18.3 Å². The zero-order valence-corrected chi connectivity index (χ0v) is 8.42. The molecular weight excluding hydrogens is 164 g/mol. The lowest BCUT2D eigenvalue weighted by molar-refractivity contribution is 0.546. The summed E-state index contributed by atoms with van der Waals surface area (Å²) >= 11 is 0. The third kappa shape index (κ3) is 1.85. The monoisotopic (exact) mass is 180 g/mol. The minimum Gasteiger partial charge on any atom is -0.432 e. The van der Waals surface area contributed by atoms with E-state index in [0.29, 0.717) is 11.4 Å². The van der Waals surface area contributed by atoms with Crippen LogP contribution in [0.15, 0.2) is 10.7 Å². The lowest BCUT2D eigenvalue weighted by Gasteiger charge is -2.02. The summed E-state index contributed by atoms with van der Waals surface area (Å²) in [7, 11) is 0. The molecule has 0 aliphatic heterocycles. The first-order chi connectivity index (χ1) is 6.08. The van der Waals surface area contributed by atoms with Crippen molar-refractivity contribution in [2.75, 3.05) is 11.9 Å². The Bertz CT molecular complexity index is 304. The van der Waals surface area contributed by atoms with Crippen LogP contribution in [0.3, 0.4) is 0 Å². The summed E-state index contributed by atoms with van der Waals surface area (Å²) in [5.74, 6) is 0.778. The van der Waals surface area contributed by atoms with Gasteiger partial charge in [-0.2, -0.15) is 4.98 Å². The fraction of sp³-hybridized carbons (Fsp3) is 0.700. The number of oxazole rings is 1. The molecule has 1 atom stereocenters. The van der Waals surface area contributed by atoms with Gasteiger partial charge < -0.3 is 9.73 Å². The highest BCUT2D eigenvalue weighted by Crippen LogP contribution is 2.51. The number of anilines is 1. The van der Waals surface area contributed by atoms with E-state index in [4.69, 9.17) is 4.42 Å². The third-order valence-electron chi connectivity index (χ3n) is 2.84. The van der Waals surface area contributed by atoms with E-state index in [-0.39, 0.29) is 0 Å². The molecule has 3 nitrogen and oxygen atoms in total. The number of hydrogen-bond donors (Lipinski definition) is 1. The Kier molecular flexibility index (Phi) is 1.82. The molecule has 3 heteroatoms. The summed E-state index contributed by atoms with van der Waals surface area (Å²) < 4.78 is 5.19. The SMILES string of the molecule is Cc1coc(NCC2CC2(C)C)n1. The van der Waals surface area contributed by atoms with Crippen molar-refractivity contribution >= 4 is 6.01 Å². The summed E-state index contributed by atoms with van der Waals surface area (Å²) in [5.41, 5.74) is 1.45. The van der Waals surface area contributed by atoms with Crippen molar-refractivity contribution in [2.45, 2.75) is 27.2 Å². The first-order valence-electron chi connectivity index (χ1n) is 4.74. The molecule has 0 saturated heterocycles. The van der Waals surface area contributed by atoms with E-state index in [2.05, 4.69) is 24.1 Å². The molecule has 1 aromatic heterocycles. The zero-order valence-electron chi connectivity index (χ0n) is 8.42. The van der Waals surface area contributed by atoms with Gasteiger partial charge in [-0.3, -0.25) is 0 Å². The normalized spacial score (nSPS) is 24.4. The largest absolute Gasteiger partial charge is 0.432 e. The van der Waals surface area contributed by atoms with Crippen molar-refractivity contribution in [2.24, 2.45) is 11.3 Å². The number of nitrogens with one attached hydrogen (secondary N) is 1. The highest BCUT2D eigenvalue weighted by atomic mass is 16.4. The molecule has 2 rings (SSSR count). The van der Waals surface area contributed by atoms with Gasteiger partial charge in [-0.25, -0.2) is 0 Å². The topological polar surface area (TPSA) is 38.1 Å². The van der Waals surface area contributed by atoms with Gasteiger partial charge in [0.25, 0.3) is 6.01 Å². The molecule has 1 saturated carbocycles. The zero-order chi connectivity index (χ0) is 9.47. The number of aromatic nitrogens is 1. The molecule has 1 aromatic rings. The van der Waals surface area contributed by atoms with Crippen LogP contribution in [0.25, 0.3) is 0 Å². The Morgan fingerprint density at radius 3 is 2.85 bits per heavy atom. The van der Waals surface area contributed by atoms with Crippen molar-refractivity contribution in [3.8, 4) is 0 Å². The standard InChI is InChI=1S/C10H16N2O/c1-7-6-13-9(12-7)11-5-8-4-10(8,2)3/h6,8H,4-5H2,1-3H3,(H,11,12). The smallest absolute Gasteiger partial charge is 0.294 e. The second-order valence-electron chi connectivity index (χ2n) is 4.56. The van der Waals surface area contributed by atoms with E-state index in [9.17, 15) is 0 Å². The van der Waals surface area contributed by atoms with Crippen LogP contribution in [0.2, 0.25) is 0 Å². The molecule has 13 heavy (non-hydrogen) atoms. The second-order valence-corrected chi connectivity index (χ2v) is 4.56. The average molecular weight is 180 g/mol. The molecule has 1 aliphatic carbocycles. The molecule has 1 fully saturated rings. The highest BCUT2D eigenvalue weighted by Gasteiger charge is 2.45. The van der Waals surface area contributed by atoms with Crippen molar-refractivity contribution in [1.29, 1.82) is 0 Å². The summed E-state index contributed by atoms with van der Waals surface area (Å²) in [5, 5.41) is 3.21. The Morgan fingerprint density at radius 2 is 2.38 bits per heavy atom. The minimum atomic E-state index is 0.522. The lowest BCUT2D eigenvalue weighted by Crippen LogP contribution is -2.07. The van der Waals surface area contributed by atoms with Crippen LogP contribution in [-0.2, 0) is 0 Å². The average Bonchev–Trinajstić information content (AvgIpc) is 2.45. The van der Waals surface area contributed by atoms with Crippen molar-refractivity contribution in [3.05, 3.63) is 12.0 Å². The second kappa shape index (κ2) is 2.76. The van der Waals surface area contributed by atoms with Crippen LogP contribution >= 0.6 is 0 Å². The molecule has 1 aliphatic rings. The molecule has 1 unspecified atom stereocenters. The third-order valence-corrected chi connectivity index (χ3v) is 2.84. The van der Waals surface area contributed by atoms with E-state index >= 15 is 0 Å². The fourth-order valence-corrected chi connectivity index (χ4v) is 1.57. The van der Waals surface area contributed by atoms with E-state index in [0.717, 1.165) is 18.2 Å². The van der Waals surface area contributed by atoms with Gasteiger partial charge in [0.2, 0.25) is 0 Å². The van der Waals surface area contributed by atoms with Crippen LogP contribution in [-0.4, -0.2) is 11.5 Å². The first kappa shape index (κ1) is 8.60. The van der Waals surface area contributed by atoms with Gasteiger partial charge in [0, 0.05) is 6.54 Å². The number of aryl methyl sites for hydroxylation is 1. The highest BCUT2D eigenvalue weighted by molar-refractivity contribution is 5.22. The van der Waals surface area contributed by atoms with Crippen LogP contribution in [0.4, 0.5) is 6.01 Å². The maximum absolute atomic E-state index is 5.19. The first-order valence-corrected chi connectivity index (χ1v) is 4.74. The molecule has 0 radical (unpaired) electrons. The summed E-state index contributed by atoms with van der Waals surface area (Å²) in [4.78, 5) is 4.18. The maximum Gasteiger partial charge on any atom is 0.294 e. The molecule has 0 bridgehead atoms. The van der Waals surface area contributed by atoms with Gasteiger partial charge in [-0.15, -0.1) is 0 Å². The van der Waals surface area contributed by atoms with E-state index < -0.39 is 0 Å². The molecule has 0 spiro atoms. The predicted octanol–water partition coefficient (Wildman–Crippen LogP) is 2.44. The lowest BCUT2D eigenvalue weighted by atomic mass is 10.1. The van der Waals surface area contributed by atoms with Crippen molar-refractivity contribution < 1.29 is 4.42 Å². The molecule has 1 heterocycles. The van der Waals surface area contributed by atoms with Crippen LogP contribution in [0.1, 0.15) is 26.0 Å². The van der Waals surface area contributed by atoms with Gasteiger partial charge in [0.15, 0.2) is 0 Å². The van der Waals surface area contributed by atoms with Gasteiger partial charge in [0.05, 0.1) is 5.69 Å². The van der Waals surface area contributed by atoms with Gasteiger partial charge in [0.1, 0.15) is 6.26 Å². The fourth-order valence-electron chi connectivity index (χ4n) is 1.57. The van der Waals surface area contributed by atoms with Crippen molar-refractivity contribution in [3.63, 3.8) is 0 Å². The van der Waals surface area contributed by atoms with Gasteiger partial charge in [-0.1, -0.05) is 13.8 Å². The Labute approximate surface area is 78.5 Å².